The zero-order chi connectivity index (χ0) is 13.7. The number of methoxy groups -OCH3 is 1. The minimum Gasteiger partial charge on any atom is -0.380 e. The summed E-state index contributed by atoms with van der Waals surface area (Å²) in [7, 11) is 1.75. The number of anilines is 1. The van der Waals surface area contributed by atoms with Crippen molar-refractivity contribution in [3.8, 4) is 0 Å². The minimum absolute atomic E-state index is 0.216. The third-order valence-electron chi connectivity index (χ3n) is 4.06. The van der Waals surface area contributed by atoms with Crippen LogP contribution in [0.5, 0.6) is 0 Å². The molecule has 0 radical (unpaired) electrons. The van der Waals surface area contributed by atoms with Gasteiger partial charge in [-0.3, -0.25) is 0 Å². The molecular weight excluding hydrogens is 236 g/mol. The van der Waals surface area contributed by atoms with Crippen LogP contribution < -0.4 is 10.2 Å². The van der Waals surface area contributed by atoms with E-state index in [1.54, 1.807) is 7.11 Å². The van der Waals surface area contributed by atoms with Crippen molar-refractivity contribution in [2.24, 2.45) is 0 Å². The summed E-state index contributed by atoms with van der Waals surface area (Å²) < 4.78 is 5.23. The predicted octanol–water partition coefficient (Wildman–Crippen LogP) is 2.80. The summed E-state index contributed by atoms with van der Waals surface area (Å²) in [6, 6.07) is 8.72. The Morgan fingerprint density at radius 1 is 1.42 bits per heavy atom. The number of benzene rings is 1. The first-order chi connectivity index (χ1) is 9.17. The normalized spacial score (nSPS) is 24.3. The molecule has 106 valence electrons. The van der Waals surface area contributed by atoms with Crippen LogP contribution in [0, 0.1) is 0 Å². The highest BCUT2D eigenvalue weighted by Gasteiger charge is 2.27. The second-order valence-corrected chi connectivity index (χ2v) is 5.72. The van der Waals surface area contributed by atoms with Crippen LogP contribution in [0.2, 0.25) is 0 Å². The lowest BCUT2D eigenvalue weighted by molar-refractivity contribution is 0.185. The molecule has 3 heteroatoms. The van der Waals surface area contributed by atoms with Crippen molar-refractivity contribution in [3.05, 3.63) is 29.8 Å². The van der Waals surface area contributed by atoms with Crippen molar-refractivity contribution in [3.63, 3.8) is 0 Å². The first kappa shape index (κ1) is 14.4. The molecule has 1 saturated heterocycles. The lowest BCUT2D eigenvalue weighted by Crippen LogP contribution is -2.48. The number of nitrogens with zero attached hydrogens (tertiary/aromatic N) is 1. The van der Waals surface area contributed by atoms with E-state index >= 15 is 0 Å². The number of hydrogen-bond donors (Lipinski definition) is 1. The number of hydrogen-bond acceptors (Lipinski definition) is 3. The van der Waals surface area contributed by atoms with Crippen LogP contribution in [0.1, 0.15) is 32.3 Å². The quantitative estimate of drug-likeness (QED) is 0.903. The van der Waals surface area contributed by atoms with Gasteiger partial charge in [0.2, 0.25) is 0 Å². The highest BCUT2D eigenvalue weighted by Crippen LogP contribution is 2.23. The maximum Gasteiger partial charge on any atom is 0.0713 e. The van der Waals surface area contributed by atoms with Gasteiger partial charge in [0.15, 0.2) is 0 Å². The summed E-state index contributed by atoms with van der Waals surface area (Å²) in [6.07, 6.45) is 2.35. The third-order valence-corrected chi connectivity index (χ3v) is 4.06. The molecule has 0 aliphatic carbocycles. The van der Waals surface area contributed by atoms with E-state index in [1.807, 2.05) is 0 Å². The first-order valence-corrected chi connectivity index (χ1v) is 7.25. The van der Waals surface area contributed by atoms with Gasteiger partial charge in [0.1, 0.15) is 0 Å². The molecule has 1 N–H and O–H groups in total. The molecule has 0 aromatic heterocycles. The highest BCUT2D eigenvalue weighted by molar-refractivity contribution is 5.49. The molecule has 0 amide bonds. The van der Waals surface area contributed by atoms with E-state index in [0.717, 1.165) is 26.1 Å². The molecule has 3 nitrogen and oxygen atoms in total. The van der Waals surface area contributed by atoms with Crippen molar-refractivity contribution in [2.45, 2.75) is 38.8 Å². The van der Waals surface area contributed by atoms with E-state index in [1.165, 1.54) is 17.7 Å². The van der Waals surface area contributed by atoms with Crippen LogP contribution in [-0.4, -0.2) is 32.3 Å². The van der Waals surface area contributed by atoms with Gasteiger partial charge in [-0.25, -0.2) is 0 Å². The summed E-state index contributed by atoms with van der Waals surface area (Å²) in [5.41, 5.74) is 2.78. The van der Waals surface area contributed by atoms with Crippen molar-refractivity contribution >= 4 is 5.69 Å². The zero-order valence-corrected chi connectivity index (χ0v) is 12.4. The van der Waals surface area contributed by atoms with Gasteiger partial charge in [0.05, 0.1) is 6.61 Å². The molecule has 1 aliphatic heterocycles. The minimum atomic E-state index is 0.216. The Morgan fingerprint density at radius 3 is 3.00 bits per heavy atom. The van der Waals surface area contributed by atoms with Gasteiger partial charge in [-0.05, 0) is 44.0 Å². The largest absolute Gasteiger partial charge is 0.380 e. The molecule has 0 bridgehead atoms. The van der Waals surface area contributed by atoms with Gasteiger partial charge in [0, 0.05) is 31.4 Å². The Balaban J connectivity index is 2.17. The zero-order valence-electron chi connectivity index (χ0n) is 12.4. The molecular formula is C16H26N2O. The topological polar surface area (TPSA) is 24.5 Å². The standard InChI is InChI=1S/C16H26N2O/c1-4-16(2)13-18(10-6-9-17-16)15-8-5-7-14(11-15)12-19-3/h5,7-8,11,17H,4,6,9-10,12-13H2,1-3H3. The average molecular weight is 262 g/mol. The summed E-state index contributed by atoms with van der Waals surface area (Å²) in [6.45, 7) is 8.57. The number of rotatable bonds is 4. The average Bonchev–Trinajstić information content (AvgIpc) is 2.62. The van der Waals surface area contributed by atoms with Crippen LogP contribution in [0.3, 0.4) is 0 Å². The fraction of sp³-hybridized carbons (Fsp3) is 0.625. The molecule has 0 spiro atoms. The Morgan fingerprint density at radius 2 is 2.26 bits per heavy atom. The van der Waals surface area contributed by atoms with E-state index in [4.69, 9.17) is 4.74 Å². The van der Waals surface area contributed by atoms with Crippen molar-refractivity contribution in [2.75, 3.05) is 31.6 Å². The van der Waals surface area contributed by atoms with E-state index < -0.39 is 0 Å². The maximum absolute atomic E-state index is 5.23. The second kappa shape index (κ2) is 6.40. The number of ether oxygens (including phenoxy) is 1. The van der Waals surface area contributed by atoms with Crippen LogP contribution in [0.4, 0.5) is 5.69 Å². The van der Waals surface area contributed by atoms with E-state index in [-0.39, 0.29) is 5.54 Å². The van der Waals surface area contributed by atoms with Gasteiger partial charge in [-0.1, -0.05) is 19.1 Å². The fourth-order valence-corrected chi connectivity index (χ4v) is 2.68. The molecule has 1 aliphatic rings. The van der Waals surface area contributed by atoms with Crippen molar-refractivity contribution in [1.29, 1.82) is 0 Å². The van der Waals surface area contributed by atoms with Crippen LogP contribution >= 0.6 is 0 Å². The lowest BCUT2D eigenvalue weighted by atomic mass is 9.98. The molecule has 0 saturated carbocycles. The summed E-state index contributed by atoms with van der Waals surface area (Å²) >= 11 is 0. The SMILES string of the molecule is CCC1(C)CN(c2cccc(COC)c2)CCCN1. The first-order valence-electron chi connectivity index (χ1n) is 7.25. The van der Waals surface area contributed by atoms with Crippen LogP contribution in [0.25, 0.3) is 0 Å². The summed E-state index contributed by atoms with van der Waals surface area (Å²) in [5, 5.41) is 3.68. The molecule has 2 rings (SSSR count). The Labute approximate surface area is 116 Å². The third kappa shape index (κ3) is 3.71. The molecule has 1 aromatic rings. The summed E-state index contributed by atoms with van der Waals surface area (Å²) in [4.78, 5) is 2.50. The summed E-state index contributed by atoms with van der Waals surface area (Å²) in [5.74, 6) is 0. The molecule has 1 atom stereocenters. The van der Waals surface area contributed by atoms with Crippen LogP contribution in [-0.2, 0) is 11.3 Å². The van der Waals surface area contributed by atoms with E-state index in [2.05, 4.69) is 48.3 Å². The van der Waals surface area contributed by atoms with Gasteiger partial charge in [-0.15, -0.1) is 0 Å². The molecule has 1 unspecified atom stereocenters. The Kier molecular flexibility index (Phi) is 4.83. The Hall–Kier alpha value is -1.06. The van der Waals surface area contributed by atoms with E-state index in [9.17, 15) is 0 Å². The monoisotopic (exact) mass is 262 g/mol. The molecule has 1 heterocycles. The fourth-order valence-electron chi connectivity index (χ4n) is 2.68. The van der Waals surface area contributed by atoms with Crippen molar-refractivity contribution < 1.29 is 4.74 Å². The molecule has 19 heavy (non-hydrogen) atoms. The smallest absolute Gasteiger partial charge is 0.0713 e. The van der Waals surface area contributed by atoms with Gasteiger partial charge < -0.3 is 15.0 Å². The molecule has 1 fully saturated rings. The molecule has 1 aromatic carbocycles. The highest BCUT2D eigenvalue weighted by atomic mass is 16.5. The number of nitrogens with one attached hydrogen (secondary N) is 1. The van der Waals surface area contributed by atoms with E-state index in [0.29, 0.717) is 6.61 Å². The van der Waals surface area contributed by atoms with Gasteiger partial charge in [0.25, 0.3) is 0 Å². The predicted molar refractivity (Wildman–Crippen MR) is 80.7 cm³/mol. The van der Waals surface area contributed by atoms with Crippen LogP contribution in [0.15, 0.2) is 24.3 Å². The maximum atomic E-state index is 5.23. The van der Waals surface area contributed by atoms with Gasteiger partial charge >= 0.3 is 0 Å². The Bertz CT molecular complexity index is 407. The van der Waals surface area contributed by atoms with Gasteiger partial charge in [-0.2, -0.15) is 0 Å². The second-order valence-electron chi connectivity index (χ2n) is 5.72. The van der Waals surface area contributed by atoms with Crippen molar-refractivity contribution in [1.82, 2.24) is 5.32 Å². The lowest BCUT2D eigenvalue weighted by Gasteiger charge is -2.34.